The molecule has 3 heteroatoms. The molecule has 7 heavy (non-hydrogen) atoms. The number of aliphatic hydroxyl groups excluding tert-OH is 1. The molecule has 44 valence electrons. The smallest absolute Gasteiger partial charge is 0.266 e. The molecule has 2 N–H and O–H groups in total. The first-order chi connectivity index (χ1) is 3.13. The number of rotatable bonds is 2. The lowest BCUT2D eigenvalue weighted by atomic mass is 10.5. The summed E-state index contributed by atoms with van der Waals surface area (Å²) in [5.41, 5.74) is 0. The molecule has 3 nitrogen and oxygen atoms in total. The van der Waals surface area contributed by atoms with Crippen molar-refractivity contribution in [3.63, 3.8) is 0 Å². The van der Waals surface area contributed by atoms with Gasteiger partial charge in [-0.1, -0.05) is 0 Å². The van der Waals surface area contributed by atoms with Crippen molar-refractivity contribution < 1.29 is 14.9 Å². The Labute approximate surface area is 42.5 Å². The van der Waals surface area contributed by atoms with Crippen LogP contribution >= 0.6 is 0 Å². The summed E-state index contributed by atoms with van der Waals surface area (Å²) >= 11 is 0. The van der Waals surface area contributed by atoms with Crippen LogP contribution in [0.1, 0.15) is 13.8 Å². The van der Waals surface area contributed by atoms with Gasteiger partial charge in [-0.3, -0.25) is 0 Å². The topological polar surface area (TPSA) is 49.7 Å². The number of ether oxygens (including phenoxy) is 1. The van der Waals surface area contributed by atoms with E-state index in [2.05, 4.69) is 4.74 Å². The van der Waals surface area contributed by atoms with Gasteiger partial charge in [-0.2, -0.15) is 0 Å². The van der Waals surface area contributed by atoms with Crippen molar-refractivity contribution in [3.05, 3.63) is 0 Å². The third-order valence-corrected chi connectivity index (χ3v) is 0.394. The molecule has 0 aliphatic rings. The van der Waals surface area contributed by atoms with E-state index in [1.807, 2.05) is 0 Å². The van der Waals surface area contributed by atoms with Gasteiger partial charge in [0.05, 0.1) is 6.10 Å². The second kappa shape index (κ2) is 2.96. The molecule has 0 aromatic rings. The van der Waals surface area contributed by atoms with E-state index in [9.17, 15) is 0 Å². The fourth-order valence-electron chi connectivity index (χ4n) is 0.243. The molecule has 0 aliphatic heterocycles. The zero-order valence-corrected chi connectivity index (χ0v) is 4.46. The third kappa shape index (κ3) is 5.88. The lowest BCUT2D eigenvalue weighted by molar-refractivity contribution is -0.249. The van der Waals surface area contributed by atoms with Crippen LogP contribution in [0.25, 0.3) is 0 Å². The van der Waals surface area contributed by atoms with Crippen LogP contribution in [0, 0.1) is 0 Å². The first-order valence-corrected chi connectivity index (χ1v) is 2.14. The molecule has 0 atom stereocenters. The standard InChI is InChI=1S/C4H10O3/c1-3(2)7-4(5)6/h3-6H,1-2H3. The Morgan fingerprint density at radius 1 is 1.29 bits per heavy atom. The zero-order valence-electron chi connectivity index (χ0n) is 4.46. The molecular weight excluding hydrogens is 96.0 g/mol. The molecule has 0 saturated heterocycles. The Morgan fingerprint density at radius 2 is 1.71 bits per heavy atom. The lowest BCUT2D eigenvalue weighted by Crippen LogP contribution is -2.15. The molecule has 0 fully saturated rings. The van der Waals surface area contributed by atoms with Gasteiger partial charge < -0.3 is 14.9 Å². The van der Waals surface area contributed by atoms with Gasteiger partial charge in [-0.15, -0.1) is 0 Å². The predicted molar refractivity (Wildman–Crippen MR) is 24.4 cm³/mol. The average Bonchev–Trinajstić information content (AvgIpc) is 1.27. The maximum absolute atomic E-state index is 8.06. The number of hydrogen-bond donors (Lipinski definition) is 2. The summed E-state index contributed by atoms with van der Waals surface area (Å²) in [4.78, 5) is 0. The van der Waals surface area contributed by atoms with E-state index in [0.717, 1.165) is 0 Å². The first kappa shape index (κ1) is 6.88. The Morgan fingerprint density at radius 3 is 1.71 bits per heavy atom. The fourth-order valence-corrected chi connectivity index (χ4v) is 0.243. The number of hydrogen-bond acceptors (Lipinski definition) is 3. The second-order valence-electron chi connectivity index (χ2n) is 1.51. The Hall–Kier alpha value is -0.120. The minimum atomic E-state index is -1.63. The zero-order chi connectivity index (χ0) is 5.86. The van der Waals surface area contributed by atoms with Gasteiger partial charge in [-0.05, 0) is 13.8 Å². The van der Waals surface area contributed by atoms with E-state index in [4.69, 9.17) is 10.2 Å². The minimum Gasteiger partial charge on any atom is -0.346 e. The fraction of sp³-hybridized carbons (Fsp3) is 1.00. The second-order valence-corrected chi connectivity index (χ2v) is 1.51. The molecule has 0 amide bonds. The van der Waals surface area contributed by atoms with E-state index in [1.165, 1.54) is 0 Å². The van der Waals surface area contributed by atoms with Crippen LogP contribution in [0.15, 0.2) is 0 Å². The highest BCUT2D eigenvalue weighted by molar-refractivity contribution is 4.30. The van der Waals surface area contributed by atoms with Crippen LogP contribution in [0.5, 0.6) is 0 Å². The first-order valence-electron chi connectivity index (χ1n) is 2.14. The average molecular weight is 106 g/mol. The van der Waals surface area contributed by atoms with Gasteiger partial charge in [0, 0.05) is 0 Å². The third-order valence-electron chi connectivity index (χ3n) is 0.394. The van der Waals surface area contributed by atoms with Crippen LogP contribution in [0.4, 0.5) is 0 Å². The molecule has 0 spiro atoms. The molecule has 0 aromatic carbocycles. The molecule has 0 unspecified atom stereocenters. The van der Waals surface area contributed by atoms with Crippen molar-refractivity contribution in [1.82, 2.24) is 0 Å². The van der Waals surface area contributed by atoms with Gasteiger partial charge in [-0.25, -0.2) is 0 Å². The Kier molecular flexibility index (Phi) is 2.91. The maximum Gasteiger partial charge on any atom is 0.266 e. The Balaban J connectivity index is 2.95. The van der Waals surface area contributed by atoms with Crippen LogP contribution in [-0.2, 0) is 4.74 Å². The van der Waals surface area contributed by atoms with Gasteiger partial charge in [0.2, 0.25) is 0 Å². The molecule has 0 saturated carbocycles. The summed E-state index contributed by atoms with van der Waals surface area (Å²) in [7, 11) is 0. The van der Waals surface area contributed by atoms with E-state index < -0.39 is 6.48 Å². The van der Waals surface area contributed by atoms with Crippen LogP contribution < -0.4 is 0 Å². The van der Waals surface area contributed by atoms with E-state index in [1.54, 1.807) is 13.8 Å². The molecule has 0 radical (unpaired) electrons. The van der Waals surface area contributed by atoms with Crippen LogP contribution in [0.3, 0.4) is 0 Å². The van der Waals surface area contributed by atoms with Crippen molar-refractivity contribution in [1.29, 1.82) is 0 Å². The monoisotopic (exact) mass is 106 g/mol. The summed E-state index contributed by atoms with van der Waals surface area (Å²) in [5.74, 6) is 0. The molecule has 0 rings (SSSR count). The molecule has 0 aromatic heterocycles. The van der Waals surface area contributed by atoms with Gasteiger partial charge in [0.1, 0.15) is 0 Å². The summed E-state index contributed by atoms with van der Waals surface area (Å²) in [6.45, 7) is 1.82. The number of aliphatic hydroxyl groups is 2. The molecule has 0 heterocycles. The Bertz CT molecular complexity index is 36.2. The molecule has 0 aliphatic carbocycles. The highest BCUT2D eigenvalue weighted by Crippen LogP contribution is 1.88. The SMILES string of the molecule is CC(C)OC(O)O. The van der Waals surface area contributed by atoms with Crippen LogP contribution in [-0.4, -0.2) is 22.8 Å². The highest BCUT2D eigenvalue weighted by atomic mass is 16.7. The highest BCUT2D eigenvalue weighted by Gasteiger charge is 1.97. The normalized spacial score (nSPS) is 11.1. The van der Waals surface area contributed by atoms with Gasteiger partial charge in [0.25, 0.3) is 6.48 Å². The van der Waals surface area contributed by atoms with Gasteiger partial charge >= 0.3 is 0 Å². The maximum atomic E-state index is 8.06. The predicted octanol–water partition coefficient (Wildman–Crippen LogP) is -0.320. The molecule has 0 bridgehead atoms. The van der Waals surface area contributed by atoms with Crippen molar-refractivity contribution in [2.24, 2.45) is 0 Å². The summed E-state index contributed by atoms with van der Waals surface area (Å²) in [6, 6.07) is 0. The van der Waals surface area contributed by atoms with E-state index in [0.29, 0.717) is 0 Å². The van der Waals surface area contributed by atoms with Crippen molar-refractivity contribution in [3.8, 4) is 0 Å². The lowest BCUT2D eigenvalue weighted by Gasteiger charge is -2.06. The quantitative estimate of drug-likeness (QED) is 0.474. The van der Waals surface area contributed by atoms with Crippen LogP contribution in [0.2, 0.25) is 0 Å². The van der Waals surface area contributed by atoms with Crippen molar-refractivity contribution in [2.45, 2.75) is 26.4 Å². The summed E-state index contributed by atoms with van der Waals surface area (Å²) < 4.78 is 4.36. The summed E-state index contributed by atoms with van der Waals surface area (Å²) in [6.07, 6.45) is -0.125. The molecular formula is C4H10O3. The van der Waals surface area contributed by atoms with Crippen molar-refractivity contribution >= 4 is 0 Å². The summed E-state index contributed by atoms with van der Waals surface area (Å²) in [5, 5.41) is 16.1. The van der Waals surface area contributed by atoms with Crippen molar-refractivity contribution in [2.75, 3.05) is 0 Å². The van der Waals surface area contributed by atoms with Gasteiger partial charge in [0.15, 0.2) is 0 Å². The minimum absolute atomic E-state index is 0.125. The van der Waals surface area contributed by atoms with E-state index >= 15 is 0 Å². The van der Waals surface area contributed by atoms with E-state index in [-0.39, 0.29) is 6.10 Å². The largest absolute Gasteiger partial charge is 0.346 e.